The molecule has 0 aromatic heterocycles. The van der Waals surface area contributed by atoms with Crippen molar-refractivity contribution in [3.63, 3.8) is 0 Å². The monoisotopic (exact) mass is 432 g/mol. The van der Waals surface area contributed by atoms with Crippen molar-refractivity contribution < 1.29 is 18.3 Å². The Morgan fingerprint density at radius 3 is 2.50 bits per heavy atom. The normalized spacial score (nSPS) is 16.8. The van der Waals surface area contributed by atoms with Crippen LogP contribution in [-0.2, 0) is 14.6 Å². The number of amides is 1. The van der Waals surface area contributed by atoms with Gasteiger partial charge in [0.05, 0.1) is 0 Å². The molecule has 1 amide bonds. The number of rotatable bonds is 9. The molecule has 0 bridgehead atoms. The van der Waals surface area contributed by atoms with Crippen LogP contribution in [-0.4, -0.2) is 61.6 Å². The molecule has 1 aromatic carbocycles. The van der Waals surface area contributed by atoms with Crippen molar-refractivity contribution in [2.45, 2.75) is 43.8 Å². The van der Waals surface area contributed by atoms with Crippen molar-refractivity contribution >= 4 is 21.3 Å². The van der Waals surface area contributed by atoms with E-state index in [1.165, 1.54) is 18.1 Å². The summed E-state index contributed by atoms with van der Waals surface area (Å²) in [5.74, 6) is 5.38. The van der Waals surface area contributed by atoms with Gasteiger partial charge < -0.3 is 10.8 Å². The topological polar surface area (TPSA) is 101 Å². The van der Waals surface area contributed by atoms with Crippen LogP contribution in [0.15, 0.2) is 30.3 Å². The average Bonchev–Trinajstić information content (AvgIpc) is 2.71. The molecule has 30 heavy (non-hydrogen) atoms. The van der Waals surface area contributed by atoms with Gasteiger partial charge in [0.25, 0.3) is 0 Å². The molecule has 6 nitrogen and oxygen atoms in total. The van der Waals surface area contributed by atoms with Gasteiger partial charge in [0.2, 0.25) is 5.91 Å². The molecule has 0 aliphatic carbocycles. The van der Waals surface area contributed by atoms with Crippen molar-refractivity contribution in [1.82, 2.24) is 4.90 Å². The number of unbranched alkanes of at least 4 members (excludes halogenated alkanes) is 1. The molecule has 0 saturated heterocycles. The van der Waals surface area contributed by atoms with Crippen molar-refractivity contribution in [2.24, 2.45) is 5.73 Å². The van der Waals surface area contributed by atoms with E-state index in [2.05, 4.69) is 34.9 Å². The highest BCUT2D eigenvalue weighted by atomic mass is 32.2. The van der Waals surface area contributed by atoms with Gasteiger partial charge in [-0.25, -0.2) is 8.42 Å². The number of benzene rings is 1. The minimum absolute atomic E-state index is 0.168. The van der Waals surface area contributed by atoms with Crippen LogP contribution in [0.25, 0.3) is 5.57 Å². The first kappa shape index (κ1) is 24.1. The Hall–Kier alpha value is -2.14. The first-order chi connectivity index (χ1) is 14.2. The molecule has 1 aliphatic heterocycles. The molecule has 1 aromatic rings. The molecular formula is C23H32N2O4S. The Morgan fingerprint density at radius 1 is 1.27 bits per heavy atom. The first-order valence-electron chi connectivity index (χ1n) is 10.3. The first-order valence-corrected chi connectivity index (χ1v) is 12.2. The predicted octanol–water partition coefficient (Wildman–Crippen LogP) is 1.97. The predicted molar refractivity (Wildman–Crippen MR) is 120 cm³/mol. The summed E-state index contributed by atoms with van der Waals surface area (Å²) in [5.41, 5.74) is 8.81. The van der Waals surface area contributed by atoms with E-state index >= 15 is 0 Å². The van der Waals surface area contributed by atoms with Gasteiger partial charge in [-0.1, -0.05) is 30.0 Å². The van der Waals surface area contributed by atoms with Gasteiger partial charge in [-0.2, -0.15) is 0 Å². The molecule has 1 heterocycles. The average molecular weight is 433 g/mol. The van der Waals surface area contributed by atoms with Gasteiger partial charge in [-0.05, 0) is 62.4 Å². The third-order valence-electron chi connectivity index (χ3n) is 5.71. The number of aliphatic hydroxyl groups is 1. The summed E-state index contributed by atoms with van der Waals surface area (Å²) < 4.78 is 22.4. The van der Waals surface area contributed by atoms with E-state index in [4.69, 9.17) is 10.8 Å². The molecule has 0 saturated carbocycles. The summed E-state index contributed by atoms with van der Waals surface area (Å²) in [6, 6.07) is 8.21. The van der Waals surface area contributed by atoms with Crippen molar-refractivity contribution in [1.29, 1.82) is 0 Å². The molecule has 164 valence electrons. The van der Waals surface area contributed by atoms with Crippen LogP contribution >= 0.6 is 0 Å². The summed E-state index contributed by atoms with van der Waals surface area (Å²) in [7, 11) is -3.55. The summed E-state index contributed by atoms with van der Waals surface area (Å²) >= 11 is 0. The Bertz CT molecular complexity index is 926. The van der Waals surface area contributed by atoms with E-state index < -0.39 is 20.5 Å². The second-order valence-corrected chi connectivity index (χ2v) is 10.4. The number of primary amides is 1. The summed E-state index contributed by atoms with van der Waals surface area (Å²) in [6.07, 6.45) is 6.41. The Balaban J connectivity index is 1.88. The largest absolute Gasteiger partial charge is 0.396 e. The van der Waals surface area contributed by atoms with Crippen molar-refractivity contribution in [3.05, 3.63) is 41.5 Å². The zero-order valence-electron chi connectivity index (χ0n) is 17.9. The van der Waals surface area contributed by atoms with Crippen LogP contribution in [0.5, 0.6) is 0 Å². The molecule has 0 spiro atoms. The number of nitrogens with two attached hydrogens (primary N) is 1. The van der Waals surface area contributed by atoms with Gasteiger partial charge in [-0.15, -0.1) is 0 Å². The molecule has 2 rings (SSSR count). The Kier molecular flexibility index (Phi) is 8.65. The van der Waals surface area contributed by atoms with Crippen molar-refractivity contribution in [2.75, 3.05) is 32.5 Å². The summed E-state index contributed by atoms with van der Waals surface area (Å²) in [4.78, 5) is 13.9. The van der Waals surface area contributed by atoms with Gasteiger partial charge in [0.1, 0.15) is 4.75 Å². The standard InChI is InChI=1S/C23H32N2O4S/c1-23(22(24)27,30(2,28)29)14-6-15-25-16-12-21(13-17-25)20-10-8-19(9-11-20)7-4-3-5-18-26/h8-12,26H,3,5-6,13-18H2,1-2H3,(H2,24,27). The van der Waals surface area contributed by atoms with E-state index in [1.54, 1.807) is 0 Å². The fourth-order valence-corrected chi connectivity index (χ4v) is 4.29. The zero-order chi connectivity index (χ0) is 22.2. The van der Waals surface area contributed by atoms with E-state index in [9.17, 15) is 13.2 Å². The molecule has 1 unspecified atom stereocenters. The second-order valence-electron chi connectivity index (χ2n) is 7.96. The van der Waals surface area contributed by atoms with E-state index in [-0.39, 0.29) is 13.0 Å². The van der Waals surface area contributed by atoms with Crippen LogP contribution in [0, 0.1) is 11.8 Å². The van der Waals surface area contributed by atoms with E-state index in [1.807, 2.05) is 12.1 Å². The summed E-state index contributed by atoms with van der Waals surface area (Å²) in [5, 5.41) is 8.78. The number of hydrogen-bond donors (Lipinski definition) is 2. The Labute approximate surface area is 180 Å². The lowest BCUT2D eigenvalue weighted by atomic mass is 9.98. The lowest BCUT2D eigenvalue weighted by molar-refractivity contribution is -0.120. The second kappa shape index (κ2) is 10.8. The molecule has 1 atom stereocenters. The van der Waals surface area contributed by atoms with Crippen LogP contribution in [0.2, 0.25) is 0 Å². The number of aliphatic hydroxyl groups excluding tert-OH is 1. The fraction of sp³-hybridized carbons (Fsp3) is 0.522. The number of nitrogens with zero attached hydrogens (tertiary/aromatic N) is 1. The van der Waals surface area contributed by atoms with Crippen LogP contribution in [0.4, 0.5) is 0 Å². The highest BCUT2D eigenvalue weighted by Crippen LogP contribution is 2.25. The van der Waals surface area contributed by atoms with Crippen LogP contribution in [0.1, 0.15) is 50.2 Å². The van der Waals surface area contributed by atoms with Crippen LogP contribution in [0.3, 0.4) is 0 Å². The number of sulfone groups is 1. The van der Waals surface area contributed by atoms with Gasteiger partial charge in [0.15, 0.2) is 9.84 Å². The number of carbonyl (C=O) groups is 1. The molecule has 0 radical (unpaired) electrons. The minimum Gasteiger partial charge on any atom is -0.396 e. The quantitative estimate of drug-likeness (QED) is 0.459. The lowest BCUT2D eigenvalue weighted by Crippen LogP contribution is -2.48. The number of carbonyl (C=O) groups excluding carboxylic acids is 1. The highest BCUT2D eigenvalue weighted by molar-refractivity contribution is 7.92. The summed E-state index contributed by atoms with van der Waals surface area (Å²) in [6.45, 7) is 4.00. The molecule has 3 N–H and O–H groups in total. The minimum atomic E-state index is -3.55. The number of hydrogen-bond acceptors (Lipinski definition) is 5. The maximum absolute atomic E-state index is 11.9. The molecule has 1 aliphatic rings. The lowest BCUT2D eigenvalue weighted by Gasteiger charge is -2.29. The molecular weight excluding hydrogens is 400 g/mol. The third kappa shape index (κ3) is 6.43. The Morgan fingerprint density at radius 2 is 1.97 bits per heavy atom. The van der Waals surface area contributed by atoms with Crippen molar-refractivity contribution in [3.8, 4) is 11.8 Å². The maximum Gasteiger partial charge on any atom is 0.238 e. The highest BCUT2D eigenvalue weighted by Gasteiger charge is 2.41. The zero-order valence-corrected chi connectivity index (χ0v) is 18.7. The fourth-order valence-electron chi connectivity index (χ4n) is 3.41. The van der Waals surface area contributed by atoms with Gasteiger partial charge in [-0.3, -0.25) is 9.69 Å². The SMILES string of the molecule is CC(CCCN1CC=C(c2ccc(C#CCCCO)cc2)CC1)(C(N)=O)S(C)(=O)=O. The van der Waals surface area contributed by atoms with E-state index in [0.717, 1.165) is 37.9 Å². The van der Waals surface area contributed by atoms with E-state index in [0.29, 0.717) is 19.3 Å². The molecule has 0 fully saturated rings. The maximum atomic E-state index is 11.9. The third-order valence-corrected chi connectivity index (χ3v) is 7.75. The van der Waals surface area contributed by atoms with Gasteiger partial charge in [0, 0.05) is 37.9 Å². The smallest absolute Gasteiger partial charge is 0.238 e. The van der Waals surface area contributed by atoms with Crippen LogP contribution < -0.4 is 5.73 Å². The van der Waals surface area contributed by atoms with Gasteiger partial charge >= 0.3 is 0 Å². The molecule has 7 heteroatoms.